The number of likely N-dealkylation sites (tertiary alicyclic amines) is 1. The second-order valence-electron chi connectivity index (χ2n) is 7.16. The van der Waals surface area contributed by atoms with Gasteiger partial charge in [-0.3, -0.25) is 9.59 Å². The molecule has 29 heavy (non-hydrogen) atoms. The smallest absolute Gasteiger partial charge is 0.328 e. The molecule has 160 valence electrons. The Bertz CT molecular complexity index is 745. The number of nitrogens with two attached hydrogens (primary N) is 1. The standard InChI is InChI=1S/C20H27N3O5.ClH/c1-27-20(26)16-7-2-3-10-23(16)19(25)13-5-4-6-14(11-13)22-18(24)17-9-8-15(12-21)28-17;/h4-6,11,15-17H,2-3,7-10,12,21H2,1H3,(H,22,24);1H/t15-,16?,17+;/m1./s1. The van der Waals surface area contributed by atoms with Gasteiger partial charge in [0.2, 0.25) is 0 Å². The lowest BCUT2D eigenvalue weighted by Crippen LogP contribution is -2.48. The van der Waals surface area contributed by atoms with E-state index in [9.17, 15) is 14.4 Å². The Morgan fingerprint density at radius 3 is 2.72 bits per heavy atom. The first-order valence-corrected chi connectivity index (χ1v) is 9.68. The normalized spacial score (nSPS) is 23.8. The average Bonchev–Trinajstić information content (AvgIpc) is 3.22. The second-order valence-corrected chi connectivity index (χ2v) is 7.16. The molecule has 3 N–H and O–H groups in total. The molecule has 8 nitrogen and oxygen atoms in total. The fraction of sp³-hybridized carbons (Fsp3) is 0.550. The van der Waals surface area contributed by atoms with Crippen LogP contribution < -0.4 is 11.1 Å². The molecular weight excluding hydrogens is 398 g/mol. The minimum absolute atomic E-state index is 0. The number of rotatable bonds is 5. The molecule has 1 aromatic carbocycles. The summed E-state index contributed by atoms with van der Waals surface area (Å²) in [6.45, 7) is 0.899. The number of hydrogen-bond acceptors (Lipinski definition) is 6. The number of ether oxygens (including phenoxy) is 2. The van der Waals surface area contributed by atoms with Gasteiger partial charge in [-0.05, 0) is 50.3 Å². The molecule has 2 amide bonds. The van der Waals surface area contributed by atoms with E-state index in [1.807, 2.05) is 0 Å². The van der Waals surface area contributed by atoms with E-state index < -0.39 is 18.1 Å². The lowest BCUT2D eigenvalue weighted by molar-refractivity contribution is -0.147. The fourth-order valence-electron chi connectivity index (χ4n) is 3.75. The van der Waals surface area contributed by atoms with Crippen molar-refractivity contribution < 1.29 is 23.9 Å². The van der Waals surface area contributed by atoms with Crippen LogP contribution in [-0.2, 0) is 19.1 Å². The number of benzene rings is 1. The van der Waals surface area contributed by atoms with Gasteiger partial charge in [-0.25, -0.2) is 4.79 Å². The summed E-state index contributed by atoms with van der Waals surface area (Å²) >= 11 is 0. The second kappa shape index (κ2) is 10.6. The van der Waals surface area contributed by atoms with Gasteiger partial charge in [-0.15, -0.1) is 12.4 Å². The number of esters is 1. The van der Waals surface area contributed by atoms with E-state index in [1.165, 1.54) is 7.11 Å². The molecule has 2 aliphatic heterocycles. The van der Waals surface area contributed by atoms with E-state index in [1.54, 1.807) is 29.2 Å². The van der Waals surface area contributed by atoms with Crippen LogP contribution in [0.5, 0.6) is 0 Å². The molecule has 9 heteroatoms. The molecule has 0 aromatic heterocycles. The Hall–Kier alpha value is -2.16. The van der Waals surface area contributed by atoms with E-state index in [0.717, 1.165) is 19.3 Å². The maximum absolute atomic E-state index is 13.0. The van der Waals surface area contributed by atoms with Crippen molar-refractivity contribution in [1.82, 2.24) is 4.90 Å². The van der Waals surface area contributed by atoms with Crippen molar-refractivity contribution in [2.75, 3.05) is 25.5 Å². The zero-order valence-corrected chi connectivity index (χ0v) is 17.3. The number of methoxy groups -OCH3 is 1. The highest BCUT2D eigenvalue weighted by atomic mass is 35.5. The SMILES string of the molecule is COC(=O)C1CCCCN1C(=O)c1cccc(NC(=O)[C@@H]2CC[C@H](CN)O2)c1.Cl. The maximum Gasteiger partial charge on any atom is 0.328 e. The zero-order chi connectivity index (χ0) is 20.1. The van der Waals surface area contributed by atoms with Gasteiger partial charge in [0, 0.05) is 24.3 Å². The molecule has 1 unspecified atom stereocenters. The first kappa shape index (κ1) is 23.1. The number of nitrogens with one attached hydrogen (secondary N) is 1. The molecule has 0 bridgehead atoms. The minimum atomic E-state index is -0.565. The molecular formula is C20H28ClN3O5. The lowest BCUT2D eigenvalue weighted by atomic mass is 10.0. The van der Waals surface area contributed by atoms with Crippen molar-refractivity contribution in [3.8, 4) is 0 Å². The Labute approximate surface area is 176 Å². The molecule has 2 heterocycles. The predicted molar refractivity (Wildman–Crippen MR) is 110 cm³/mol. The van der Waals surface area contributed by atoms with Crippen molar-refractivity contribution in [2.24, 2.45) is 5.73 Å². The van der Waals surface area contributed by atoms with Crippen LogP contribution in [0.15, 0.2) is 24.3 Å². The number of anilines is 1. The van der Waals surface area contributed by atoms with Crippen LogP contribution in [0.2, 0.25) is 0 Å². The number of piperidine rings is 1. The average molecular weight is 426 g/mol. The van der Waals surface area contributed by atoms with E-state index in [-0.39, 0.29) is 30.3 Å². The molecule has 3 rings (SSSR count). The van der Waals surface area contributed by atoms with E-state index in [0.29, 0.717) is 37.2 Å². The van der Waals surface area contributed by atoms with Crippen LogP contribution in [-0.4, -0.2) is 61.1 Å². The van der Waals surface area contributed by atoms with Gasteiger partial charge in [0.15, 0.2) is 0 Å². The summed E-state index contributed by atoms with van der Waals surface area (Å²) < 4.78 is 10.5. The molecule has 3 atom stereocenters. The number of halogens is 1. The maximum atomic E-state index is 13.0. The van der Waals surface area contributed by atoms with Gasteiger partial charge in [0.1, 0.15) is 12.1 Å². The summed E-state index contributed by atoms with van der Waals surface area (Å²) in [7, 11) is 1.33. The van der Waals surface area contributed by atoms with E-state index in [4.69, 9.17) is 15.2 Å². The van der Waals surface area contributed by atoms with Crippen LogP contribution in [0.3, 0.4) is 0 Å². The van der Waals surface area contributed by atoms with Gasteiger partial charge in [0.05, 0.1) is 13.2 Å². The first-order chi connectivity index (χ1) is 13.5. The van der Waals surface area contributed by atoms with Crippen LogP contribution in [0.1, 0.15) is 42.5 Å². The van der Waals surface area contributed by atoms with Gasteiger partial charge in [-0.2, -0.15) is 0 Å². The topological polar surface area (TPSA) is 111 Å². The number of carbonyl (C=O) groups excluding carboxylic acids is 3. The Kier molecular flexibility index (Phi) is 8.43. The minimum Gasteiger partial charge on any atom is -0.467 e. The first-order valence-electron chi connectivity index (χ1n) is 9.68. The largest absolute Gasteiger partial charge is 0.467 e. The summed E-state index contributed by atoms with van der Waals surface area (Å²) in [4.78, 5) is 39.0. The summed E-state index contributed by atoms with van der Waals surface area (Å²) in [6, 6.07) is 6.16. The van der Waals surface area contributed by atoms with Crippen molar-refractivity contribution >= 4 is 35.9 Å². The summed E-state index contributed by atoms with van der Waals surface area (Å²) in [5, 5.41) is 2.80. The Balaban J connectivity index is 0.00000300. The van der Waals surface area contributed by atoms with Crippen LogP contribution >= 0.6 is 12.4 Å². The van der Waals surface area contributed by atoms with Crippen LogP contribution in [0.25, 0.3) is 0 Å². The monoisotopic (exact) mass is 425 g/mol. The fourth-order valence-corrected chi connectivity index (χ4v) is 3.75. The van der Waals surface area contributed by atoms with Crippen molar-refractivity contribution in [3.63, 3.8) is 0 Å². The molecule has 0 aliphatic carbocycles. The molecule has 2 fully saturated rings. The quantitative estimate of drug-likeness (QED) is 0.695. The van der Waals surface area contributed by atoms with Crippen molar-refractivity contribution in [3.05, 3.63) is 29.8 Å². The van der Waals surface area contributed by atoms with Gasteiger partial charge >= 0.3 is 5.97 Å². The third kappa shape index (κ3) is 5.46. The van der Waals surface area contributed by atoms with E-state index in [2.05, 4.69) is 5.32 Å². The number of carbonyl (C=O) groups is 3. The highest BCUT2D eigenvalue weighted by molar-refractivity contribution is 5.99. The molecule has 2 saturated heterocycles. The molecule has 2 aliphatic rings. The highest BCUT2D eigenvalue weighted by Gasteiger charge is 2.34. The van der Waals surface area contributed by atoms with E-state index >= 15 is 0 Å². The summed E-state index contributed by atoms with van der Waals surface area (Å²) in [5.41, 5.74) is 6.52. The number of nitrogens with zero attached hydrogens (tertiary/aromatic N) is 1. The van der Waals surface area contributed by atoms with Crippen LogP contribution in [0.4, 0.5) is 5.69 Å². The number of hydrogen-bond donors (Lipinski definition) is 2. The third-order valence-corrected chi connectivity index (χ3v) is 5.28. The molecule has 0 spiro atoms. The molecule has 1 aromatic rings. The zero-order valence-electron chi connectivity index (χ0n) is 16.5. The third-order valence-electron chi connectivity index (χ3n) is 5.28. The van der Waals surface area contributed by atoms with Gasteiger partial charge < -0.3 is 25.4 Å². The predicted octanol–water partition coefficient (Wildman–Crippen LogP) is 1.72. The number of amides is 2. The van der Waals surface area contributed by atoms with Crippen molar-refractivity contribution in [2.45, 2.75) is 50.4 Å². The van der Waals surface area contributed by atoms with Gasteiger partial charge in [0.25, 0.3) is 11.8 Å². The highest BCUT2D eigenvalue weighted by Crippen LogP contribution is 2.23. The van der Waals surface area contributed by atoms with Gasteiger partial charge in [-0.1, -0.05) is 6.07 Å². The van der Waals surface area contributed by atoms with Crippen molar-refractivity contribution in [1.29, 1.82) is 0 Å². The Morgan fingerprint density at radius 1 is 1.24 bits per heavy atom. The Morgan fingerprint density at radius 2 is 2.03 bits per heavy atom. The summed E-state index contributed by atoms with van der Waals surface area (Å²) in [6.07, 6.45) is 3.09. The van der Waals surface area contributed by atoms with Crippen LogP contribution in [0, 0.1) is 0 Å². The molecule has 0 saturated carbocycles. The lowest BCUT2D eigenvalue weighted by Gasteiger charge is -2.33. The summed E-state index contributed by atoms with van der Waals surface area (Å²) in [5.74, 6) is -0.886. The molecule has 0 radical (unpaired) electrons.